The van der Waals surface area contributed by atoms with Crippen molar-refractivity contribution in [1.82, 2.24) is 0 Å². The fourth-order valence-corrected chi connectivity index (χ4v) is 3.53. The van der Waals surface area contributed by atoms with Gasteiger partial charge in [0.15, 0.2) is 0 Å². The zero-order chi connectivity index (χ0) is 12.5. The van der Waals surface area contributed by atoms with E-state index in [4.69, 9.17) is 4.42 Å². The maximum absolute atomic E-state index is 11.3. The largest absolute Gasteiger partial charge is 0.475 e. The van der Waals surface area contributed by atoms with E-state index >= 15 is 0 Å². The summed E-state index contributed by atoms with van der Waals surface area (Å²) >= 11 is 0. The van der Waals surface area contributed by atoms with Crippen molar-refractivity contribution < 1.29 is 14.3 Å². The van der Waals surface area contributed by atoms with Crippen LogP contribution in [-0.4, -0.2) is 11.1 Å². The van der Waals surface area contributed by atoms with Crippen LogP contribution in [-0.2, 0) is 12.8 Å². The minimum Gasteiger partial charge on any atom is -0.475 e. The van der Waals surface area contributed by atoms with Crippen molar-refractivity contribution in [3.05, 3.63) is 22.6 Å². The van der Waals surface area contributed by atoms with E-state index in [2.05, 4.69) is 0 Å². The van der Waals surface area contributed by atoms with E-state index in [0.717, 1.165) is 30.6 Å². The first-order valence-electron chi connectivity index (χ1n) is 7.15. The zero-order valence-corrected chi connectivity index (χ0v) is 10.7. The Morgan fingerprint density at radius 1 is 1.00 bits per heavy atom. The Balaban J connectivity index is 2.00. The summed E-state index contributed by atoms with van der Waals surface area (Å²) in [6.45, 7) is 0. The molecule has 1 heterocycles. The van der Waals surface area contributed by atoms with Crippen LogP contribution in [0.3, 0.4) is 0 Å². The van der Waals surface area contributed by atoms with Crippen LogP contribution in [0.5, 0.6) is 0 Å². The Morgan fingerprint density at radius 3 is 2.33 bits per heavy atom. The van der Waals surface area contributed by atoms with Gasteiger partial charge in [-0.05, 0) is 44.1 Å². The van der Waals surface area contributed by atoms with Gasteiger partial charge in [0.25, 0.3) is 0 Å². The second kappa shape index (κ2) is 4.79. The SMILES string of the molecule is O=C(O)c1oc(C2CCCCC2)c2c1CCCC2. The highest BCUT2D eigenvalue weighted by Crippen LogP contribution is 2.40. The van der Waals surface area contributed by atoms with Crippen LogP contribution < -0.4 is 0 Å². The van der Waals surface area contributed by atoms with Gasteiger partial charge in [0.2, 0.25) is 5.76 Å². The minimum absolute atomic E-state index is 0.227. The highest BCUT2D eigenvalue weighted by Gasteiger charge is 2.30. The molecule has 1 aromatic heterocycles. The molecule has 0 amide bonds. The lowest BCUT2D eigenvalue weighted by Gasteiger charge is -2.21. The number of furan rings is 1. The van der Waals surface area contributed by atoms with E-state index in [1.807, 2.05) is 0 Å². The summed E-state index contributed by atoms with van der Waals surface area (Å²) in [5, 5.41) is 9.26. The molecular weight excluding hydrogens is 228 g/mol. The summed E-state index contributed by atoms with van der Waals surface area (Å²) in [6, 6.07) is 0. The molecule has 18 heavy (non-hydrogen) atoms. The number of carbonyl (C=O) groups is 1. The zero-order valence-electron chi connectivity index (χ0n) is 10.7. The Kier molecular flexibility index (Phi) is 3.14. The molecule has 0 unspecified atom stereocenters. The van der Waals surface area contributed by atoms with Gasteiger partial charge in [-0.2, -0.15) is 0 Å². The van der Waals surface area contributed by atoms with Gasteiger partial charge in [-0.15, -0.1) is 0 Å². The molecule has 3 rings (SSSR count). The average molecular weight is 248 g/mol. The summed E-state index contributed by atoms with van der Waals surface area (Å²) in [4.78, 5) is 11.3. The van der Waals surface area contributed by atoms with Gasteiger partial charge in [0.1, 0.15) is 5.76 Å². The fourth-order valence-electron chi connectivity index (χ4n) is 3.53. The van der Waals surface area contributed by atoms with Gasteiger partial charge in [-0.25, -0.2) is 4.79 Å². The molecular formula is C15H20O3. The van der Waals surface area contributed by atoms with Crippen molar-refractivity contribution >= 4 is 5.97 Å². The first-order chi connectivity index (χ1) is 8.77. The number of rotatable bonds is 2. The average Bonchev–Trinajstić information content (AvgIpc) is 2.79. The number of hydrogen-bond donors (Lipinski definition) is 1. The topological polar surface area (TPSA) is 50.4 Å². The monoisotopic (exact) mass is 248 g/mol. The summed E-state index contributed by atoms with van der Waals surface area (Å²) in [5.41, 5.74) is 2.24. The molecule has 0 saturated heterocycles. The van der Waals surface area contributed by atoms with Crippen LogP contribution in [0.2, 0.25) is 0 Å². The van der Waals surface area contributed by atoms with Gasteiger partial charge in [-0.1, -0.05) is 19.3 Å². The van der Waals surface area contributed by atoms with E-state index in [-0.39, 0.29) is 5.76 Å². The first-order valence-corrected chi connectivity index (χ1v) is 7.15. The number of fused-ring (bicyclic) bond motifs is 1. The normalized spacial score (nSPS) is 20.7. The molecule has 3 nitrogen and oxygen atoms in total. The van der Waals surface area contributed by atoms with Gasteiger partial charge < -0.3 is 9.52 Å². The third kappa shape index (κ3) is 1.96. The summed E-state index contributed by atoms with van der Waals surface area (Å²) in [5.74, 6) is 0.820. The van der Waals surface area contributed by atoms with Crippen molar-refractivity contribution in [2.24, 2.45) is 0 Å². The molecule has 2 aliphatic rings. The smallest absolute Gasteiger partial charge is 0.372 e. The molecule has 1 aromatic rings. The van der Waals surface area contributed by atoms with Crippen LogP contribution in [0.15, 0.2) is 4.42 Å². The van der Waals surface area contributed by atoms with Crippen LogP contribution in [0.1, 0.15) is 78.3 Å². The van der Waals surface area contributed by atoms with Crippen molar-refractivity contribution in [3.8, 4) is 0 Å². The maximum Gasteiger partial charge on any atom is 0.372 e. The summed E-state index contributed by atoms with van der Waals surface area (Å²) in [6.07, 6.45) is 10.3. The van der Waals surface area contributed by atoms with Crippen molar-refractivity contribution in [2.75, 3.05) is 0 Å². The second-order valence-corrected chi connectivity index (χ2v) is 5.60. The van der Waals surface area contributed by atoms with Crippen LogP contribution in [0.25, 0.3) is 0 Å². The van der Waals surface area contributed by atoms with Gasteiger partial charge in [-0.3, -0.25) is 0 Å². The Morgan fingerprint density at radius 2 is 1.67 bits per heavy atom. The molecule has 2 aliphatic carbocycles. The summed E-state index contributed by atoms with van der Waals surface area (Å²) < 4.78 is 5.77. The highest BCUT2D eigenvalue weighted by molar-refractivity contribution is 5.87. The number of aromatic carboxylic acids is 1. The molecule has 98 valence electrons. The fraction of sp³-hybridized carbons (Fsp3) is 0.667. The van der Waals surface area contributed by atoms with E-state index < -0.39 is 5.97 Å². The predicted molar refractivity (Wildman–Crippen MR) is 68.1 cm³/mol. The molecule has 0 bridgehead atoms. The maximum atomic E-state index is 11.3. The molecule has 1 saturated carbocycles. The Hall–Kier alpha value is -1.25. The van der Waals surface area contributed by atoms with Gasteiger partial charge >= 0.3 is 5.97 Å². The van der Waals surface area contributed by atoms with Crippen LogP contribution in [0.4, 0.5) is 0 Å². The lowest BCUT2D eigenvalue weighted by molar-refractivity contribution is 0.0657. The lowest BCUT2D eigenvalue weighted by atomic mass is 9.83. The van der Waals surface area contributed by atoms with Crippen molar-refractivity contribution in [2.45, 2.75) is 63.7 Å². The third-order valence-electron chi connectivity index (χ3n) is 4.42. The number of carboxylic acid groups (broad SMARTS) is 1. The number of hydrogen-bond acceptors (Lipinski definition) is 2. The molecule has 0 atom stereocenters. The van der Waals surface area contributed by atoms with Crippen LogP contribution >= 0.6 is 0 Å². The predicted octanol–water partition coefficient (Wildman–Crippen LogP) is 3.90. The molecule has 0 aliphatic heterocycles. The number of carboxylic acids is 1. The van der Waals surface area contributed by atoms with E-state index in [1.54, 1.807) is 0 Å². The minimum atomic E-state index is -0.893. The van der Waals surface area contributed by atoms with Crippen molar-refractivity contribution in [3.63, 3.8) is 0 Å². The standard InChI is InChI=1S/C15H20O3/c16-15(17)14-12-9-5-4-8-11(12)13(18-14)10-6-2-1-3-7-10/h10H,1-9H2,(H,16,17). The molecule has 1 fully saturated rings. The molecule has 3 heteroatoms. The Labute approximate surface area is 107 Å². The molecule has 0 spiro atoms. The van der Waals surface area contributed by atoms with Gasteiger partial charge in [0.05, 0.1) is 0 Å². The molecule has 1 N–H and O–H groups in total. The van der Waals surface area contributed by atoms with Gasteiger partial charge in [0, 0.05) is 11.5 Å². The summed E-state index contributed by atoms with van der Waals surface area (Å²) in [7, 11) is 0. The van der Waals surface area contributed by atoms with E-state index in [0.29, 0.717) is 5.92 Å². The lowest BCUT2D eigenvalue weighted by Crippen LogP contribution is -2.09. The third-order valence-corrected chi connectivity index (χ3v) is 4.42. The highest BCUT2D eigenvalue weighted by atomic mass is 16.4. The van der Waals surface area contributed by atoms with E-state index in [1.165, 1.54) is 44.1 Å². The van der Waals surface area contributed by atoms with Crippen LogP contribution in [0, 0.1) is 0 Å². The first kappa shape index (κ1) is 11.8. The van der Waals surface area contributed by atoms with E-state index in [9.17, 15) is 9.90 Å². The molecule has 0 radical (unpaired) electrons. The Bertz CT molecular complexity index is 453. The molecule has 0 aromatic carbocycles. The second-order valence-electron chi connectivity index (χ2n) is 5.60. The van der Waals surface area contributed by atoms with Crippen molar-refractivity contribution in [1.29, 1.82) is 0 Å². The quantitative estimate of drug-likeness (QED) is 0.863.